The van der Waals surface area contributed by atoms with Crippen molar-refractivity contribution < 1.29 is 14.0 Å². The third-order valence-corrected chi connectivity index (χ3v) is 5.19. The minimum atomic E-state index is -0.376. The van der Waals surface area contributed by atoms with Gasteiger partial charge in [-0.25, -0.2) is 9.37 Å². The highest BCUT2D eigenvalue weighted by molar-refractivity contribution is 9.10. The van der Waals surface area contributed by atoms with Crippen LogP contribution in [0, 0.1) is 11.7 Å². The number of carbonyl (C=O) groups is 2. The molecule has 7 heteroatoms. The van der Waals surface area contributed by atoms with Gasteiger partial charge in [0.15, 0.2) is 0 Å². The second-order valence-corrected chi connectivity index (χ2v) is 7.43. The van der Waals surface area contributed by atoms with Crippen LogP contribution < -0.4 is 4.90 Å². The summed E-state index contributed by atoms with van der Waals surface area (Å²) in [7, 11) is 0. The van der Waals surface area contributed by atoms with Crippen molar-refractivity contribution in [2.75, 3.05) is 24.5 Å². The number of carbonyl (C=O) groups excluding carboxylic acids is 2. The Morgan fingerprint density at radius 2 is 2.00 bits per heavy atom. The van der Waals surface area contributed by atoms with Gasteiger partial charge in [-0.3, -0.25) is 14.5 Å². The van der Waals surface area contributed by atoms with Crippen LogP contribution in [-0.4, -0.2) is 41.3 Å². The first-order valence-corrected chi connectivity index (χ1v) is 9.76. The lowest BCUT2D eigenvalue weighted by atomic mass is 9.95. The maximum absolute atomic E-state index is 13.1. The van der Waals surface area contributed by atoms with Gasteiger partial charge in [-0.1, -0.05) is 0 Å². The van der Waals surface area contributed by atoms with E-state index in [0.717, 1.165) is 17.3 Å². The maximum Gasteiger partial charge on any atom is 0.253 e. The molecule has 0 radical (unpaired) electrons. The highest BCUT2D eigenvalue weighted by Crippen LogP contribution is 2.24. The quantitative estimate of drug-likeness (QED) is 0.734. The fourth-order valence-corrected chi connectivity index (χ4v) is 3.55. The van der Waals surface area contributed by atoms with Gasteiger partial charge in [0.2, 0.25) is 5.91 Å². The lowest BCUT2D eigenvalue weighted by Gasteiger charge is -2.34. The Balaban J connectivity index is 1.72. The number of pyridine rings is 1. The molecule has 3 rings (SSSR count). The van der Waals surface area contributed by atoms with Crippen molar-refractivity contribution in [2.24, 2.45) is 5.92 Å². The molecule has 1 aliphatic heterocycles. The number of anilines is 1. The summed E-state index contributed by atoms with van der Waals surface area (Å²) in [6.07, 6.45) is 3.16. The second-order valence-electron chi connectivity index (χ2n) is 6.51. The lowest BCUT2D eigenvalue weighted by molar-refractivity contribution is -0.123. The van der Waals surface area contributed by atoms with Gasteiger partial charge in [-0.2, -0.15) is 0 Å². The number of hydrogen-bond acceptors (Lipinski definition) is 3. The molecule has 27 heavy (non-hydrogen) atoms. The van der Waals surface area contributed by atoms with E-state index in [1.807, 2.05) is 13.0 Å². The molecule has 1 aliphatic rings. The topological polar surface area (TPSA) is 53.5 Å². The summed E-state index contributed by atoms with van der Waals surface area (Å²) < 4.78 is 13.9. The van der Waals surface area contributed by atoms with E-state index in [4.69, 9.17) is 0 Å². The van der Waals surface area contributed by atoms with Crippen molar-refractivity contribution in [3.63, 3.8) is 0 Å². The minimum Gasteiger partial charge on any atom is -0.338 e. The molecule has 1 fully saturated rings. The smallest absolute Gasteiger partial charge is 0.253 e. The molecule has 142 valence electrons. The molecule has 0 bridgehead atoms. The van der Waals surface area contributed by atoms with Crippen LogP contribution in [-0.2, 0) is 4.79 Å². The number of amides is 2. The molecule has 0 aliphatic carbocycles. The molecule has 0 N–H and O–H groups in total. The van der Waals surface area contributed by atoms with Gasteiger partial charge in [-0.15, -0.1) is 0 Å². The van der Waals surface area contributed by atoms with Crippen LogP contribution in [0.2, 0.25) is 0 Å². The molecule has 1 aromatic carbocycles. The van der Waals surface area contributed by atoms with Crippen molar-refractivity contribution in [3.05, 3.63) is 58.4 Å². The fraction of sp³-hybridized carbons (Fsp3) is 0.350. The van der Waals surface area contributed by atoms with Crippen molar-refractivity contribution in [1.29, 1.82) is 0 Å². The zero-order chi connectivity index (χ0) is 19.4. The van der Waals surface area contributed by atoms with E-state index in [1.54, 1.807) is 22.1 Å². The fourth-order valence-electron chi connectivity index (χ4n) is 3.32. The van der Waals surface area contributed by atoms with Crippen molar-refractivity contribution in [3.8, 4) is 0 Å². The van der Waals surface area contributed by atoms with Crippen LogP contribution >= 0.6 is 15.9 Å². The first-order valence-electron chi connectivity index (χ1n) is 8.97. The van der Waals surface area contributed by atoms with Crippen LogP contribution in [0.1, 0.15) is 30.1 Å². The summed E-state index contributed by atoms with van der Waals surface area (Å²) in [5.74, 6) is -0.235. The van der Waals surface area contributed by atoms with Gasteiger partial charge in [0, 0.05) is 35.9 Å². The minimum absolute atomic E-state index is 0.0241. The van der Waals surface area contributed by atoms with E-state index in [0.29, 0.717) is 31.0 Å². The first-order chi connectivity index (χ1) is 13.0. The molecule has 1 saturated heterocycles. The van der Waals surface area contributed by atoms with E-state index in [1.165, 1.54) is 24.3 Å². The molecule has 0 saturated carbocycles. The summed E-state index contributed by atoms with van der Waals surface area (Å²) in [5.41, 5.74) is 0.437. The van der Waals surface area contributed by atoms with Gasteiger partial charge in [0.1, 0.15) is 11.6 Å². The molecule has 0 spiro atoms. The molecule has 5 nitrogen and oxygen atoms in total. The largest absolute Gasteiger partial charge is 0.338 e. The molecule has 1 unspecified atom stereocenters. The van der Waals surface area contributed by atoms with E-state index in [-0.39, 0.29) is 23.5 Å². The Hall–Kier alpha value is -2.28. The van der Waals surface area contributed by atoms with Crippen molar-refractivity contribution in [2.45, 2.75) is 19.8 Å². The molecule has 1 aromatic heterocycles. The van der Waals surface area contributed by atoms with E-state index in [2.05, 4.69) is 20.9 Å². The second kappa shape index (κ2) is 8.61. The third kappa shape index (κ3) is 4.53. The number of piperidine rings is 1. The predicted molar refractivity (Wildman–Crippen MR) is 105 cm³/mol. The standard InChI is InChI=1S/C20H21BrFN3O2/c1-2-25(18-10-7-16(21)12-23-18)20(27)15-4-3-11-24(13-15)19(26)14-5-8-17(22)9-6-14/h5-10,12,15H,2-4,11,13H2,1H3. The predicted octanol–water partition coefficient (Wildman–Crippen LogP) is 3.89. The number of aromatic nitrogens is 1. The Labute approximate surface area is 166 Å². The molecular weight excluding hydrogens is 413 g/mol. The van der Waals surface area contributed by atoms with Gasteiger partial charge in [0.05, 0.1) is 5.92 Å². The van der Waals surface area contributed by atoms with Crippen LogP contribution in [0.25, 0.3) is 0 Å². The summed E-state index contributed by atoms with van der Waals surface area (Å²) in [5, 5.41) is 0. The van der Waals surface area contributed by atoms with Crippen LogP contribution in [0.15, 0.2) is 47.1 Å². The number of likely N-dealkylation sites (tertiary alicyclic amines) is 1. The summed E-state index contributed by atoms with van der Waals surface area (Å²) >= 11 is 3.35. The third-order valence-electron chi connectivity index (χ3n) is 4.72. The SMILES string of the molecule is CCN(C(=O)C1CCCN(C(=O)c2ccc(F)cc2)C1)c1ccc(Br)cn1. The number of nitrogens with zero attached hydrogens (tertiary/aromatic N) is 3. The summed E-state index contributed by atoms with van der Waals surface area (Å²) in [6, 6.07) is 9.16. The number of hydrogen-bond donors (Lipinski definition) is 0. The average Bonchev–Trinajstić information content (AvgIpc) is 2.70. The lowest BCUT2D eigenvalue weighted by Crippen LogP contribution is -2.47. The molecule has 1 atom stereocenters. The number of rotatable bonds is 4. The van der Waals surface area contributed by atoms with Gasteiger partial charge in [-0.05, 0) is 72.1 Å². The van der Waals surface area contributed by atoms with Crippen LogP contribution in [0.4, 0.5) is 10.2 Å². The Bertz CT molecular complexity index is 811. The van der Waals surface area contributed by atoms with E-state index >= 15 is 0 Å². The zero-order valence-corrected chi connectivity index (χ0v) is 16.7. The highest BCUT2D eigenvalue weighted by Gasteiger charge is 2.32. The van der Waals surface area contributed by atoms with Gasteiger partial charge < -0.3 is 4.90 Å². The molecule has 2 heterocycles. The van der Waals surface area contributed by atoms with E-state index in [9.17, 15) is 14.0 Å². The van der Waals surface area contributed by atoms with Crippen molar-refractivity contribution in [1.82, 2.24) is 9.88 Å². The zero-order valence-electron chi connectivity index (χ0n) is 15.1. The highest BCUT2D eigenvalue weighted by atomic mass is 79.9. The monoisotopic (exact) mass is 433 g/mol. The Kier molecular flexibility index (Phi) is 6.21. The normalized spacial score (nSPS) is 16.9. The first kappa shape index (κ1) is 19.5. The summed E-state index contributed by atoms with van der Waals surface area (Å²) in [6.45, 7) is 3.38. The molecule has 2 aromatic rings. The van der Waals surface area contributed by atoms with E-state index < -0.39 is 0 Å². The Morgan fingerprint density at radius 3 is 2.63 bits per heavy atom. The van der Waals surface area contributed by atoms with Gasteiger partial charge >= 0.3 is 0 Å². The maximum atomic E-state index is 13.1. The Morgan fingerprint density at radius 1 is 1.26 bits per heavy atom. The number of halogens is 2. The number of benzene rings is 1. The summed E-state index contributed by atoms with van der Waals surface area (Å²) in [4.78, 5) is 33.4. The molecular formula is C20H21BrFN3O2. The van der Waals surface area contributed by atoms with Crippen LogP contribution in [0.3, 0.4) is 0 Å². The average molecular weight is 434 g/mol. The van der Waals surface area contributed by atoms with Crippen LogP contribution in [0.5, 0.6) is 0 Å². The van der Waals surface area contributed by atoms with Gasteiger partial charge in [0.25, 0.3) is 5.91 Å². The van der Waals surface area contributed by atoms with Crippen molar-refractivity contribution >= 4 is 33.6 Å². The molecule has 2 amide bonds.